The van der Waals surface area contributed by atoms with Crippen LogP contribution in [-0.2, 0) is 30.5 Å². The number of carbonyl (C=O) groups is 1. The van der Waals surface area contributed by atoms with Crippen molar-refractivity contribution in [3.05, 3.63) is 99.0 Å². The van der Waals surface area contributed by atoms with E-state index >= 15 is 4.39 Å². The number of benzene rings is 2. The fourth-order valence-electron chi connectivity index (χ4n) is 4.70. The molecule has 37 heavy (non-hydrogen) atoms. The Morgan fingerprint density at radius 3 is 2.38 bits per heavy atom. The number of fused-ring (bicyclic) bond motifs is 1. The molecule has 1 aliphatic rings. The van der Waals surface area contributed by atoms with Crippen LogP contribution < -0.4 is 0 Å². The highest BCUT2D eigenvalue weighted by Gasteiger charge is 2.58. The average molecular weight is 542 g/mol. The van der Waals surface area contributed by atoms with Gasteiger partial charge in [-0.1, -0.05) is 46.6 Å². The first-order valence-electron chi connectivity index (χ1n) is 11.4. The van der Waals surface area contributed by atoms with Crippen molar-refractivity contribution in [1.29, 1.82) is 0 Å². The molecule has 1 unspecified atom stereocenters. The molecule has 5 rings (SSSR count). The van der Waals surface area contributed by atoms with Gasteiger partial charge in [-0.15, -0.1) is 5.10 Å². The molecule has 0 saturated heterocycles. The predicted octanol–water partition coefficient (Wildman–Crippen LogP) is 4.52. The molecule has 1 amide bonds. The molecule has 2 aromatic heterocycles. The average Bonchev–Trinajstić information content (AvgIpc) is 3.39. The van der Waals surface area contributed by atoms with Crippen LogP contribution in [0.15, 0.2) is 60.9 Å². The summed E-state index contributed by atoms with van der Waals surface area (Å²) in [6, 6.07) is 13.8. The quantitative estimate of drug-likeness (QED) is 0.346. The van der Waals surface area contributed by atoms with Gasteiger partial charge in [0.05, 0.1) is 23.4 Å². The molecule has 0 radical (unpaired) electrons. The Bertz CT molecular complexity index is 1460. The van der Waals surface area contributed by atoms with E-state index in [2.05, 4.69) is 15.3 Å². The molecular weight excluding hydrogens is 520 g/mol. The first-order chi connectivity index (χ1) is 17.7. The maximum absolute atomic E-state index is 17.3. The Kier molecular flexibility index (Phi) is 6.72. The van der Waals surface area contributed by atoms with Crippen molar-refractivity contribution in [2.24, 2.45) is 7.05 Å². The molecule has 0 spiro atoms. The van der Waals surface area contributed by atoms with Crippen LogP contribution in [0.1, 0.15) is 32.9 Å². The Morgan fingerprint density at radius 1 is 1.05 bits per heavy atom. The summed E-state index contributed by atoms with van der Waals surface area (Å²) >= 11 is 12.1. The molecule has 1 aliphatic heterocycles. The van der Waals surface area contributed by atoms with Gasteiger partial charge in [-0.25, -0.2) is 4.39 Å². The van der Waals surface area contributed by atoms with Gasteiger partial charge in [-0.05, 0) is 47.0 Å². The minimum Gasteiger partial charge on any atom is -0.387 e. The highest BCUT2D eigenvalue weighted by molar-refractivity contribution is 6.30. The SMILES string of the molecule is CON1C(=O)c2ccc(-c3ccc(Cl)cc3)c(Cc3ccc(Cl)cn3)c2[C@@]1(F)C(O)Cc1cn(C)nn1. The number of aliphatic hydroxyl groups is 1. The fourth-order valence-corrected chi connectivity index (χ4v) is 4.94. The van der Waals surface area contributed by atoms with Gasteiger partial charge in [0.1, 0.15) is 6.10 Å². The smallest absolute Gasteiger partial charge is 0.281 e. The van der Waals surface area contributed by atoms with Crippen molar-refractivity contribution >= 4 is 29.1 Å². The molecule has 190 valence electrons. The normalized spacial score (nSPS) is 17.8. The van der Waals surface area contributed by atoms with E-state index in [4.69, 9.17) is 28.0 Å². The summed E-state index contributed by atoms with van der Waals surface area (Å²) in [5.41, 5.74) is 2.95. The molecule has 3 heterocycles. The van der Waals surface area contributed by atoms with Crippen LogP contribution in [0.25, 0.3) is 11.1 Å². The van der Waals surface area contributed by atoms with Gasteiger partial charge in [-0.3, -0.25) is 19.3 Å². The highest BCUT2D eigenvalue weighted by atomic mass is 35.5. The van der Waals surface area contributed by atoms with Crippen LogP contribution in [0.2, 0.25) is 10.0 Å². The summed E-state index contributed by atoms with van der Waals surface area (Å²) in [7, 11) is 2.85. The summed E-state index contributed by atoms with van der Waals surface area (Å²) in [6.45, 7) is 0. The zero-order chi connectivity index (χ0) is 26.3. The third-order valence-electron chi connectivity index (χ3n) is 6.35. The number of aromatic nitrogens is 4. The lowest BCUT2D eigenvalue weighted by Crippen LogP contribution is -2.49. The van der Waals surface area contributed by atoms with Gasteiger partial charge in [0.2, 0.25) is 0 Å². The van der Waals surface area contributed by atoms with Crippen molar-refractivity contribution < 1.29 is 19.1 Å². The van der Waals surface area contributed by atoms with Crippen molar-refractivity contribution in [1.82, 2.24) is 25.0 Å². The maximum atomic E-state index is 17.3. The van der Waals surface area contributed by atoms with E-state index in [-0.39, 0.29) is 24.0 Å². The second-order valence-corrected chi connectivity index (χ2v) is 9.60. The van der Waals surface area contributed by atoms with E-state index < -0.39 is 17.8 Å². The molecule has 1 N–H and O–H groups in total. The zero-order valence-electron chi connectivity index (χ0n) is 19.9. The van der Waals surface area contributed by atoms with Gasteiger partial charge in [0.25, 0.3) is 11.7 Å². The number of aryl methyl sites for hydroxylation is 1. The third kappa shape index (κ3) is 4.48. The number of pyridine rings is 1. The lowest BCUT2D eigenvalue weighted by atomic mass is 9.84. The first-order valence-corrected chi connectivity index (χ1v) is 12.1. The summed E-state index contributed by atoms with van der Waals surface area (Å²) < 4.78 is 18.8. The minimum absolute atomic E-state index is 0.0138. The number of alkyl halides is 1. The van der Waals surface area contributed by atoms with E-state index in [9.17, 15) is 9.90 Å². The van der Waals surface area contributed by atoms with Crippen LogP contribution in [-0.4, -0.2) is 49.3 Å². The Hall–Kier alpha value is -3.37. The summed E-state index contributed by atoms with van der Waals surface area (Å²) in [6.07, 6.45) is 1.31. The molecule has 2 aromatic carbocycles. The number of amides is 1. The molecule has 2 atom stereocenters. The van der Waals surface area contributed by atoms with E-state index in [1.54, 1.807) is 49.6 Å². The number of carbonyl (C=O) groups excluding carboxylic acids is 1. The van der Waals surface area contributed by atoms with E-state index in [1.807, 2.05) is 12.1 Å². The van der Waals surface area contributed by atoms with E-state index in [1.165, 1.54) is 18.0 Å². The maximum Gasteiger partial charge on any atom is 0.281 e. The number of nitrogens with zero attached hydrogens (tertiary/aromatic N) is 5. The number of hydroxylamine groups is 2. The van der Waals surface area contributed by atoms with Crippen LogP contribution in [0.4, 0.5) is 4.39 Å². The first kappa shape index (κ1) is 25.3. The Balaban J connectivity index is 1.72. The Morgan fingerprint density at radius 2 is 1.76 bits per heavy atom. The Labute approximate surface area is 222 Å². The summed E-state index contributed by atoms with van der Waals surface area (Å²) in [4.78, 5) is 22.9. The second kappa shape index (κ2) is 9.83. The largest absolute Gasteiger partial charge is 0.387 e. The number of hydrogen-bond acceptors (Lipinski definition) is 6. The minimum atomic E-state index is -2.72. The molecule has 11 heteroatoms. The molecule has 0 saturated carbocycles. The van der Waals surface area contributed by atoms with Crippen LogP contribution >= 0.6 is 23.2 Å². The summed E-state index contributed by atoms with van der Waals surface area (Å²) in [5.74, 6) is -3.42. The lowest BCUT2D eigenvalue weighted by Gasteiger charge is -2.34. The van der Waals surface area contributed by atoms with Gasteiger partial charge in [-0.2, -0.15) is 5.06 Å². The van der Waals surface area contributed by atoms with Gasteiger partial charge in [0, 0.05) is 48.6 Å². The van der Waals surface area contributed by atoms with Crippen molar-refractivity contribution in [2.75, 3.05) is 7.11 Å². The standard InChI is InChI=1S/C26H22Cl2FN5O3/c1-33-14-19(31-32-33)12-23(35)26(29)24-21(25(36)34(26)37-2)10-9-20(15-3-5-16(27)6-4-15)22(24)11-18-8-7-17(28)13-30-18/h3-10,13-14,23,35H,11-12H2,1-2H3/t23?,26-/m1/s1. The molecule has 0 aliphatic carbocycles. The van der Waals surface area contributed by atoms with Gasteiger partial charge < -0.3 is 5.11 Å². The van der Waals surface area contributed by atoms with Crippen molar-refractivity contribution in [3.63, 3.8) is 0 Å². The van der Waals surface area contributed by atoms with E-state index in [0.717, 1.165) is 5.56 Å². The van der Waals surface area contributed by atoms with Crippen molar-refractivity contribution in [3.8, 4) is 11.1 Å². The van der Waals surface area contributed by atoms with Crippen LogP contribution in [0, 0.1) is 0 Å². The lowest BCUT2D eigenvalue weighted by molar-refractivity contribution is -0.245. The number of halogens is 3. The second-order valence-electron chi connectivity index (χ2n) is 8.72. The number of aliphatic hydroxyl groups excluding tert-OH is 1. The van der Waals surface area contributed by atoms with E-state index in [0.29, 0.717) is 37.6 Å². The fraction of sp³-hybridized carbons (Fsp3) is 0.231. The topological polar surface area (TPSA) is 93.4 Å². The van der Waals surface area contributed by atoms with Crippen LogP contribution in [0.3, 0.4) is 0 Å². The highest BCUT2D eigenvalue weighted by Crippen LogP contribution is 2.48. The monoisotopic (exact) mass is 541 g/mol. The number of hydrogen-bond donors (Lipinski definition) is 1. The van der Waals surface area contributed by atoms with Crippen molar-refractivity contribution in [2.45, 2.75) is 24.7 Å². The van der Waals surface area contributed by atoms with Gasteiger partial charge in [0.15, 0.2) is 0 Å². The molecule has 4 aromatic rings. The third-order valence-corrected chi connectivity index (χ3v) is 6.83. The predicted molar refractivity (Wildman–Crippen MR) is 136 cm³/mol. The zero-order valence-corrected chi connectivity index (χ0v) is 21.4. The van der Waals surface area contributed by atoms with Gasteiger partial charge >= 0.3 is 0 Å². The van der Waals surface area contributed by atoms with Crippen LogP contribution in [0.5, 0.6) is 0 Å². The number of rotatable bonds is 7. The summed E-state index contributed by atoms with van der Waals surface area (Å²) in [5, 5.41) is 20.7. The molecule has 0 fully saturated rings. The molecule has 0 bridgehead atoms. The molecule has 8 nitrogen and oxygen atoms in total. The molecular formula is C26H22Cl2FN5O3.